The summed E-state index contributed by atoms with van der Waals surface area (Å²) < 4.78 is 5.65. The van der Waals surface area contributed by atoms with Crippen LogP contribution in [0.2, 0.25) is 0 Å². The Hall–Kier alpha value is -6.60. The zero-order chi connectivity index (χ0) is 41.4. The summed E-state index contributed by atoms with van der Waals surface area (Å²) in [5.74, 6) is -1.44. The van der Waals surface area contributed by atoms with Gasteiger partial charge < -0.3 is 46.4 Å². The number of anilines is 5. The number of hydrogen-bond donors (Lipinski definition) is 7. The molecule has 300 valence electrons. The van der Waals surface area contributed by atoms with Crippen LogP contribution in [0.4, 0.5) is 28.7 Å². The smallest absolute Gasteiger partial charge is 0.275 e. The van der Waals surface area contributed by atoms with Crippen LogP contribution in [0.5, 0.6) is 0 Å². The molecule has 5 rings (SSSR count). The van der Waals surface area contributed by atoms with Gasteiger partial charge in [0, 0.05) is 102 Å². The third-order valence-corrected chi connectivity index (χ3v) is 8.92. The zero-order valence-electron chi connectivity index (χ0n) is 31.5. The van der Waals surface area contributed by atoms with Crippen LogP contribution in [-0.4, -0.2) is 95.5 Å². The van der Waals surface area contributed by atoms with Crippen molar-refractivity contribution in [2.24, 2.45) is 33.9 Å². The van der Waals surface area contributed by atoms with Crippen molar-refractivity contribution in [2.45, 2.75) is 6.42 Å². The van der Waals surface area contributed by atoms with Gasteiger partial charge in [-0.05, 0) is 36.4 Å². The lowest BCUT2D eigenvalue weighted by atomic mass is 10.1. The van der Waals surface area contributed by atoms with E-state index >= 15 is 0 Å². The number of amides is 5. The standard InChI is InChI=1S/C36H42Cl2N14O5/c1-48-19-22(42-32(53)21-5-7-24(8-6-21)52(13-10-37)14-11-38)15-25(48)34(55)43-23-16-26(49(2)20-23)35(56)44-31-18-28(51(4)47-31)36(57)45-30-17-27(50(3)46-30)33(54)41-12-9-29(39)40/h5-8,15-20H,9-14H2,1-4H3,(H3,39,40)(H,41,54)(H,42,53)(H,43,55)(H,44,47,56)(H,45,46,57). The quantitative estimate of drug-likeness (QED) is 0.0413. The molecule has 5 aromatic rings. The molecule has 0 aliphatic heterocycles. The first-order valence-electron chi connectivity index (χ1n) is 17.4. The maximum Gasteiger partial charge on any atom is 0.275 e. The van der Waals surface area contributed by atoms with E-state index in [-0.39, 0.29) is 59.1 Å². The Balaban J connectivity index is 1.17. The summed E-state index contributed by atoms with van der Waals surface area (Å²) in [6.45, 7) is 1.41. The van der Waals surface area contributed by atoms with Crippen LogP contribution in [0.1, 0.15) is 58.7 Å². The number of aryl methyl sites for hydroxylation is 4. The fourth-order valence-corrected chi connectivity index (χ4v) is 6.17. The summed E-state index contributed by atoms with van der Waals surface area (Å²) in [7, 11) is 6.35. The number of aromatic nitrogens is 6. The molecule has 57 heavy (non-hydrogen) atoms. The Bertz CT molecular complexity index is 2300. The molecular formula is C36H42Cl2N14O5. The van der Waals surface area contributed by atoms with Crippen LogP contribution in [0.25, 0.3) is 0 Å². The fraction of sp³-hybridized carbons (Fsp3) is 0.278. The molecular weight excluding hydrogens is 779 g/mol. The maximum absolute atomic E-state index is 13.3. The van der Waals surface area contributed by atoms with Crippen LogP contribution in [0.3, 0.4) is 0 Å². The van der Waals surface area contributed by atoms with E-state index in [0.29, 0.717) is 41.8 Å². The molecule has 0 atom stereocenters. The van der Waals surface area contributed by atoms with Gasteiger partial charge in [0.2, 0.25) is 0 Å². The number of carbonyl (C=O) groups is 5. The summed E-state index contributed by atoms with van der Waals surface area (Å²) in [5, 5.41) is 29.1. The molecule has 1 aromatic carbocycles. The molecule has 19 nitrogen and oxygen atoms in total. The minimum atomic E-state index is -0.596. The lowest BCUT2D eigenvalue weighted by Crippen LogP contribution is -2.29. The summed E-state index contributed by atoms with van der Waals surface area (Å²) in [6, 6.07) is 12.8. The van der Waals surface area contributed by atoms with Crippen molar-refractivity contribution in [2.75, 3.05) is 57.6 Å². The van der Waals surface area contributed by atoms with Gasteiger partial charge in [-0.25, -0.2) is 0 Å². The SMILES string of the molecule is Cn1cc(NC(=O)c2ccc(N(CCCl)CCCl)cc2)cc1C(=O)Nc1cc(C(=O)Nc2cc(C(=O)Nc3cc(C(=O)NCCC(=N)N)n(C)n3)n(C)n2)n(C)c1. The van der Waals surface area contributed by atoms with Gasteiger partial charge in [-0.3, -0.25) is 38.7 Å². The van der Waals surface area contributed by atoms with Gasteiger partial charge in [0.15, 0.2) is 11.6 Å². The zero-order valence-corrected chi connectivity index (χ0v) is 33.0. The highest BCUT2D eigenvalue weighted by molar-refractivity contribution is 6.18. The molecule has 0 spiro atoms. The molecule has 0 aliphatic rings. The molecule has 5 amide bonds. The van der Waals surface area contributed by atoms with E-state index in [1.54, 1.807) is 43.2 Å². The molecule has 4 aromatic heterocycles. The maximum atomic E-state index is 13.3. The van der Waals surface area contributed by atoms with Crippen LogP contribution < -0.4 is 37.2 Å². The van der Waals surface area contributed by atoms with Crippen molar-refractivity contribution < 1.29 is 24.0 Å². The van der Waals surface area contributed by atoms with Crippen molar-refractivity contribution in [1.29, 1.82) is 5.41 Å². The first kappa shape index (κ1) is 41.6. The highest BCUT2D eigenvalue weighted by atomic mass is 35.5. The summed E-state index contributed by atoms with van der Waals surface area (Å²) in [5.41, 5.74) is 8.09. The molecule has 4 heterocycles. The Kier molecular flexibility index (Phi) is 13.4. The number of nitrogens with one attached hydrogen (secondary N) is 6. The summed E-state index contributed by atoms with van der Waals surface area (Å²) in [4.78, 5) is 67.1. The Labute approximate surface area is 337 Å². The van der Waals surface area contributed by atoms with Crippen LogP contribution in [0, 0.1) is 5.41 Å². The Morgan fingerprint density at radius 2 is 1.12 bits per heavy atom. The minimum Gasteiger partial charge on any atom is -0.388 e. The monoisotopic (exact) mass is 820 g/mol. The van der Waals surface area contributed by atoms with Gasteiger partial charge in [-0.15, -0.1) is 23.2 Å². The first-order valence-corrected chi connectivity index (χ1v) is 18.5. The number of amidine groups is 1. The normalized spacial score (nSPS) is 10.8. The van der Waals surface area contributed by atoms with E-state index in [4.69, 9.17) is 34.3 Å². The van der Waals surface area contributed by atoms with E-state index in [2.05, 4.69) is 36.8 Å². The van der Waals surface area contributed by atoms with Gasteiger partial charge >= 0.3 is 0 Å². The second kappa shape index (κ2) is 18.4. The van der Waals surface area contributed by atoms with Crippen molar-refractivity contribution in [3.05, 3.63) is 89.3 Å². The van der Waals surface area contributed by atoms with Gasteiger partial charge in [-0.2, -0.15) is 10.2 Å². The lowest BCUT2D eigenvalue weighted by molar-refractivity contribution is 0.0942. The third kappa shape index (κ3) is 10.4. The van der Waals surface area contributed by atoms with Crippen LogP contribution in [0.15, 0.2) is 60.9 Å². The minimum absolute atomic E-state index is 0.0603. The Morgan fingerprint density at radius 1 is 0.667 bits per heavy atom. The predicted molar refractivity (Wildman–Crippen MR) is 218 cm³/mol. The highest BCUT2D eigenvalue weighted by Crippen LogP contribution is 2.21. The summed E-state index contributed by atoms with van der Waals surface area (Å²) in [6.07, 6.45) is 3.37. The van der Waals surface area contributed by atoms with Crippen LogP contribution in [-0.2, 0) is 28.2 Å². The van der Waals surface area contributed by atoms with Crippen molar-refractivity contribution in [3.8, 4) is 0 Å². The largest absolute Gasteiger partial charge is 0.388 e. The predicted octanol–water partition coefficient (Wildman–Crippen LogP) is 3.18. The number of rotatable bonds is 17. The number of alkyl halides is 2. The van der Waals surface area contributed by atoms with Gasteiger partial charge in [-0.1, -0.05) is 0 Å². The van der Waals surface area contributed by atoms with E-state index in [9.17, 15) is 24.0 Å². The molecule has 21 heteroatoms. The van der Waals surface area contributed by atoms with Crippen LogP contribution >= 0.6 is 23.2 Å². The fourth-order valence-electron chi connectivity index (χ4n) is 5.76. The summed E-state index contributed by atoms with van der Waals surface area (Å²) >= 11 is 11.8. The average molecular weight is 822 g/mol. The van der Waals surface area contributed by atoms with E-state index in [0.717, 1.165) is 5.69 Å². The molecule has 0 unspecified atom stereocenters. The molecule has 0 fully saturated rings. The van der Waals surface area contributed by atoms with Gasteiger partial charge in [0.05, 0.1) is 17.2 Å². The number of benzene rings is 1. The molecule has 0 aliphatic carbocycles. The third-order valence-electron chi connectivity index (χ3n) is 8.58. The second-order valence-corrected chi connectivity index (χ2v) is 13.5. The molecule has 0 saturated heterocycles. The average Bonchev–Trinajstić information content (AvgIpc) is 3.92. The highest BCUT2D eigenvalue weighted by Gasteiger charge is 2.21. The van der Waals surface area contributed by atoms with Crippen molar-refractivity contribution >= 4 is 87.3 Å². The van der Waals surface area contributed by atoms with E-state index in [1.807, 2.05) is 17.0 Å². The van der Waals surface area contributed by atoms with Crippen molar-refractivity contribution in [1.82, 2.24) is 34.0 Å². The van der Waals surface area contributed by atoms with Gasteiger partial charge in [0.25, 0.3) is 29.5 Å². The number of nitrogens with two attached hydrogens (primary N) is 1. The molecule has 0 bridgehead atoms. The number of halogens is 2. The number of hydrogen-bond acceptors (Lipinski definition) is 9. The first-order chi connectivity index (χ1) is 27.2. The second-order valence-electron chi connectivity index (χ2n) is 12.8. The lowest BCUT2D eigenvalue weighted by Gasteiger charge is -2.22. The Morgan fingerprint density at radius 3 is 1.61 bits per heavy atom. The van der Waals surface area contributed by atoms with Crippen molar-refractivity contribution in [3.63, 3.8) is 0 Å². The van der Waals surface area contributed by atoms with E-state index in [1.165, 1.54) is 52.3 Å². The van der Waals surface area contributed by atoms with E-state index < -0.39 is 23.6 Å². The number of carbonyl (C=O) groups excluding carboxylic acids is 5. The molecule has 0 saturated carbocycles. The topological polar surface area (TPSA) is 244 Å². The molecule has 8 N–H and O–H groups in total. The molecule has 0 radical (unpaired) electrons. The van der Waals surface area contributed by atoms with Gasteiger partial charge in [0.1, 0.15) is 22.8 Å². The number of nitrogens with zero attached hydrogens (tertiary/aromatic N) is 7.